The highest BCUT2D eigenvalue weighted by atomic mass is 32.2. The molecule has 3 aromatic rings. The predicted octanol–water partition coefficient (Wildman–Crippen LogP) is 3.24. The lowest BCUT2D eigenvalue weighted by Crippen LogP contribution is -2.19. The zero-order valence-electron chi connectivity index (χ0n) is 14.5. The molecule has 1 N–H and O–H groups in total. The first kappa shape index (κ1) is 18.3. The maximum atomic E-state index is 12.4. The van der Waals surface area contributed by atoms with Gasteiger partial charge in [0, 0.05) is 30.1 Å². The van der Waals surface area contributed by atoms with E-state index in [0.717, 1.165) is 4.88 Å². The van der Waals surface area contributed by atoms with Crippen molar-refractivity contribution in [1.82, 2.24) is 9.55 Å². The van der Waals surface area contributed by atoms with Gasteiger partial charge in [0.2, 0.25) is 5.91 Å². The molecular formula is C18H17N3O3S2. The molecule has 0 atom stereocenters. The zero-order valence-corrected chi connectivity index (χ0v) is 16.2. The van der Waals surface area contributed by atoms with Gasteiger partial charge in [-0.05, 0) is 37.3 Å². The van der Waals surface area contributed by atoms with Crippen LogP contribution in [0.4, 0.5) is 5.69 Å². The summed E-state index contributed by atoms with van der Waals surface area (Å²) in [7, 11) is 1.66. The first-order valence-corrected chi connectivity index (χ1v) is 9.66. The standard InChI is InChI=1S/C18H17N3O3S2/c1-10-8-14-16(26-10)20-18(21(3)17(14)24)25-9-15(23)12-4-6-13(7-5-12)19-11(2)22/h4-8H,9H2,1-3H3,(H,19,22). The van der Waals surface area contributed by atoms with Crippen LogP contribution in [0.2, 0.25) is 0 Å². The van der Waals surface area contributed by atoms with Crippen molar-refractivity contribution in [3.63, 3.8) is 0 Å². The van der Waals surface area contributed by atoms with Crippen molar-refractivity contribution in [2.45, 2.75) is 19.0 Å². The molecule has 0 aliphatic carbocycles. The van der Waals surface area contributed by atoms with Gasteiger partial charge in [0.05, 0.1) is 11.1 Å². The molecule has 6 nitrogen and oxygen atoms in total. The normalized spacial score (nSPS) is 10.9. The van der Waals surface area contributed by atoms with E-state index in [9.17, 15) is 14.4 Å². The van der Waals surface area contributed by atoms with Crippen molar-refractivity contribution >= 4 is 50.7 Å². The van der Waals surface area contributed by atoms with E-state index in [1.807, 2.05) is 13.0 Å². The maximum Gasteiger partial charge on any atom is 0.262 e. The number of thiophene rings is 1. The van der Waals surface area contributed by atoms with E-state index in [0.29, 0.717) is 26.6 Å². The van der Waals surface area contributed by atoms with Crippen LogP contribution in [0.1, 0.15) is 22.2 Å². The molecule has 26 heavy (non-hydrogen) atoms. The molecule has 0 fully saturated rings. The number of nitrogens with one attached hydrogen (secondary N) is 1. The molecule has 2 aromatic heterocycles. The number of carbonyl (C=O) groups is 2. The fraction of sp³-hybridized carbons (Fsp3) is 0.222. The minimum absolute atomic E-state index is 0.0684. The minimum Gasteiger partial charge on any atom is -0.326 e. The Morgan fingerprint density at radius 2 is 1.96 bits per heavy atom. The number of nitrogens with zero attached hydrogens (tertiary/aromatic N) is 2. The number of carbonyl (C=O) groups excluding carboxylic acids is 2. The summed E-state index contributed by atoms with van der Waals surface area (Å²) in [6.07, 6.45) is 0. The second kappa shape index (κ2) is 7.43. The van der Waals surface area contributed by atoms with E-state index in [2.05, 4.69) is 10.3 Å². The van der Waals surface area contributed by atoms with Crippen LogP contribution in [-0.2, 0) is 11.8 Å². The quantitative estimate of drug-likeness (QED) is 0.413. The molecule has 0 unspecified atom stereocenters. The van der Waals surface area contributed by atoms with Gasteiger partial charge in [0.1, 0.15) is 4.83 Å². The average Bonchev–Trinajstić information content (AvgIpc) is 2.97. The molecule has 0 saturated carbocycles. The summed E-state index contributed by atoms with van der Waals surface area (Å²) in [6.45, 7) is 3.37. The van der Waals surface area contributed by atoms with E-state index in [1.54, 1.807) is 31.3 Å². The third-order valence-corrected chi connectivity index (χ3v) is 5.69. The van der Waals surface area contributed by atoms with E-state index in [1.165, 1.54) is 34.6 Å². The summed E-state index contributed by atoms with van der Waals surface area (Å²) in [6, 6.07) is 8.56. The number of rotatable bonds is 5. The van der Waals surface area contributed by atoms with Crippen LogP contribution < -0.4 is 10.9 Å². The van der Waals surface area contributed by atoms with Gasteiger partial charge in [-0.25, -0.2) is 4.98 Å². The SMILES string of the molecule is CC(=O)Nc1ccc(C(=O)CSc2nc3sc(C)cc3c(=O)n2C)cc1. The van der Waals surface area contributed by atoms with Crippen LogP contribution >= 0.6 is 23.1 Å². The third kappa shape index (κ3) is 3.86. The Morgan fingerprint density at radius 3 is 2.62 bits per heavy atom. The van der Waals surface area contributed by atoms with Gasteiger partial charge in [-0.3, -0.25) is 19.0 Å². The second-order valence-corrected chi connectivity index (χ2v) is 7.98. The summed E-state index contributed by atoms with van der Waals surface area (Å²) in [4.78, 5) is 42.1. The molecule has 0 aliphatic heterocycles. The number of benzene rings is 1. The summed E-state index contributed by atoms with van der Waals surface area (Å²) >= 11 is 2.71. The third-order valence-electron chi connectivity index (χ3n) is 3.71. The summed E-state index contributed by atoms with van der Waals surface area (Å²) in [5.74, 6) is -0.0535. The molecule has 0 radical (unpaired) electrons. The van der Waals surface area contributed by atoms with Crippen LogP contribution in [0, 0.1) is 6.92 Å². The first-order chi connectivity index (χ1) is 12.3. The lowest BCUT2D eigenvalue weighted by molar-refractivity contribution is -0.114. The summed E-state index contributed by atoms with van der Waals surface area (Å²) in [5, 5.41) is 3.79. The van der Waals surface area contributed by atoms with Gasteiger partial charge < -0.3 is 5.32 Å². The van der Waals surface area contributed by atoms with Crippen LogP contribution in [0.15, 0.2) is 40.3 Å². The Hall–Kier alpha value is -2.45. The van der Waals surface area contributed by atoms with Crippen molar-refractivity contribution in [1.29, 1.82) is 0 Å². The van der Waals surface area contributed by atoms with E-state index >= 15 is 0 Å². The van der Waals surface area contributed by atoms with Gasteiger partial charge in [-0.1, -0.05) is 11.8 Å². The van der Waals surface area contributed by atoms with E-state index in [4.69, 9.17) is 0 Å². The number of hydrogen-bond donors (Lipinski definition) is 1. The summed E-state index contributed by atoms with van der Waals surface area (Å²) in [5.41, 5.74) is 1.09. The maximum absolute atomic E-state index is 12.4. The molecule has 1 amide bonds. The Bertz CT molecular complexity index is 1050. The lowest BCUT2D eigenvalue weighted by atomic mass is 10.1. The number of anilines is 1. The Morgan fingerprint density at radius 1 is 1.27 bits per heavy atom. The van der Waals surface area contributed by atoms with Gasteiger partial charge >= 0.3 is 0 Å². The van der Waals surface area contributed by atoms with Crippen LogP contribution in [0.3, 0.4) is 0 Å². The average molecular weight is 387 g/mol. The highest BCUT2D eigenvalue weighted by Crippen LogP contribution is 2.24. The number of Topliss-reactive ketones (excluding diaryl/α,β-unsaturated/α-hetero) is 1. The Labute approximate surface area is 158 Å². The molecule has 134 valence electrons. The first-order valence-electron chi connectivity index (χ1n) is 7.86. The Balaban J connectivity index is 1.75. The van der Waals surface area contributed by atoms with Crippen molar-refractivity contribution in [3.05, 3.63) is 51.1 Å². The fourth-order valence-corrected chi connectivity index (χ4v) is 4.24. The lowest BCUT2D eigenvalue weighted by Gasteiger charge is -2.07. The molecule has 0 saturated heterocycles. The highest BCUT2D eigenvalue weighted by Gasteiger charge is 2.13. The smallest absolute Gasteiger partial charge is 0.262 e. The van der Waals surface area contributed by atoms with Crippen molar-refractivity contribution in [2.24, 2.45) is 7.05 Å². The molecular weight excluding hydrogens is 370 g/mol. The van der Waals surface area contributed by atoms with E-state index in [-0.39, 0.29) is 23.0 Å². The monoisotopic (exact) mass is 387 g/mol. The molecule has 0 aliphatic rings. The summed E-state index contributed by atoms with van der Waals surface area (Å²) < 4.78 is 1.48. The number of aromatic nitrogens is 2. The molecule has 1 aromatic carbocycles. The van der Waals surface area contributed by atoms with Crippen LogP contribution in [-0.4, -0.2) is 27.0 Å². The van der Waals surface area contributed by atoms with Gasteiger partial charge in [0.15, 0.2) is 10.9 Å². The number of thioether (sulfide) groups is 1. The highest BCUT2D eigenvalue weighted by molar-refractivity contribution is 7.99. The number of fused-ring (bicyclic) bond motifs is 1. The zero-order chi connectivity index (χ0) is 18.8. The number of amides is 1. The van der Waals surface area contributed by atoms with Gasteiger partial charge in [-0.15, -0.1) is 11.3 Å². The number of ketones is 1. The number of hydrogen-bond acceptors (Lipinski definition) is 6. The van der Waals surface area contributed by atoms with Crippen molar-refractivity contribution in [3.8, 4) is 0 Å². The van der Waals surface area contributed by atoms with Crippen LogP contribution in [0.25, 0.3) is 10.2 Å². The Kier molecular flexibility index (Phi) is 5.24. The largest absolute Gasteiger partial charge is 0.326 e. The fourth-order valence-electron chi connectivity index (χ4n) is 2.45. The van der Waals surface area contributed by atoms with Crippen LogP contribution in [0.5, 0.6) is 0 Å². The molecule has 0 bridgehead atoms. The molecule has 0 spiro atoms. The van der Waals surface area contributed by atoms with Gasteiger partial charge in [0.25, 0.3) is 5.56 Å². The van der Waals surface area contributed by atoms with Gasteiger partial charge in [-0.2, -0.15) is 0 Å². The minimum atomic E-state index is -0.161. The molecule has 8 heteroatoms. The molecule has 2 heterocycles. The number of aryl methyl sites for hydroxylation is 1. The predicted molar refractivity (Wildman–Crippen MR) is 105 cm³/mol. The van der Waals surface area contributed by atoms with Crippen molar-refractivity contribution in [2.75, 3.05) is 11.1 Å². The van der Waals surface area contributed by atoms with Crippen molar-refractivity contribution < 1.29 is 9.59 Å². The van der Waals surface area contributed by atoms with E-state index < -0.39 is 0 Å². The topological polar surface area (TPSA) is 81.1 Å². The second-order valence-electron chi connectivity index (χ2n) is 5.80. The molecule has 3 rings (SSSR count).